The predicted octanol–water partition coefficient (Wildman–Crippen LogP) is 4.99. The Labute approximate surface area is 181 Å². The summed E-state index contributed by atoms with van der Waals surface area (Å²) < 4.78 is 5.74. The third kappa shape index (κ3) is 3.71. The molecule has 1 amide bonds. The van der Waals surface area contributed by atoms with E-state index in [0.717, 1.165) is 30.3 Å². The molecule has 3 aromatic rings. The molecule has 0 spiro atoms. The molecule has 1 aromatic heterocycles. The van der Waals surface area contributed by atoms with Gasteiger partial charge in [0.2, 0.25) is 0 Å². The average Bonchev–Trinajstić information content (AvgIpc) is 3.45. The van der Waals surface area contributed by atoms with Crippen LogP contribution in [-0.2, 0) is 0 Å². The van der Waals surface area contributed by atoms with Gasteiger partial charge < -0.3 is 19.5 Å². The van der Waals surface area contributed by atoms with Crippen molar-refractivity contribution in [3.8, 4) is 11.3 Å². The fraction of sp³-hybridized carbons (Fsp3) is 0.292. The molecule has 0 bridgehead atoms. The van der Waals surface area contributed by atoms with Crippen molar-refractivity contribution in [2.75, 3.05) is 36.9 Å². The van der Waals surface area contributed by atoms with Gasteiger partial charge in [0, 0.05) is 47.6 Å². The molecule has 2 atom stereocenters. The normalized spacial score (nSPS) is 21.1. The minimum Gasteiger partial charge on any atom is -0.451 e. The molecule has 0 aliphatic carbocycles. The molecular weight excluding hydrogens is 398 g/mol. The summed E-state index contributed by atoms with van der Waals surface area (Å²) in [5, 5.41) is 3.59. The molecule has 2 fully saturated rings. The number of likely N-dealkylation sites (N-methyl/N-ethyl adjacent to an activating group) is 1. The van der Waals surface area contributed by atoms with Gasteiger partial charge in [-0.1, -0.05) is 11.6 Å². The van der Waals surface area contributed by atoms with Crippen LogP contribution in [0.5, 0.6) is 0 Å². The van der Waals surface area contributed by atoms with Crippen LogP contribution >= 0.6 is 11.6 Å². The molecule has 6 heteroatoms. The first kappa shape index (κ1) is 19.2. The van der Waals surface area contributed by atoms with Crippen molar-refractivity contribution in [1.82, 2.24) is 4.90 Å². The summed E-state index contributed by atoms with van der Waals surface area (Å²) in [6.07, 6.45) is 1.25. The Bertz CT molecular complexity index is 1050. The number of carbonyl (C=O) groups excluding carboxylic acids is 1. The smallest absolute Gasteiger partial charge is 0.291 e. The van der Waals surface area contributed by atoms with Gasteiger partial charge in [-0.25, -0.2) is 0 Å². The third-order valence-corrected chi connectivity index (χ3v) is 6.40. The van der Waals surface area contributed by atoms with Gasteiger partial charge >= 0.3 is 0 Å². The van der Waals surface area contributed by atoms with E-state index in [2.05, 4.69) is 34.3 Å². The first-order valence-electron chi connectivity index (χ1n) is 10.3. The fourth-order valence-corrected chi connectivity index (χ4v) is 4.78. The van der Waals surface area contributed by atoms with Gasteiger partial charge in [0.15, 0.2) is 5.76 Å². The lowest BCUT2D eigenvalue weighted by atomic mass is 10.0. The maximum Gasteiger partial charge on any atom is 0.291 e. The van der Waals surface area contributed by atoms with Gasteiger partial charge in [-0.15, -0.1) is 0 Å². The van der Waals surface area contributed by atoms with E-state index in [1.807, 2.05) is 24.3 Å². The van der Waals surface area contributed by atoms with Gasteiger partial charge in [-0.3, -0.25) is 4.79 Å². The summed E-state index contributed by atoms with van der Waals surface area (Å²) in [4.78, 5) is 17.5. The SMILES string of the molecule is CN1C[C@@H]2CCN(c3ccc(NC(=O)c4ccc(-c5ccc(Cl)cc5)o4)cc3)[C@@H]2C1. The first-order chi connectivity index (χ1) is 14.6. The summed E-state index contributed by atoms with van der Waals surface area (Å²) in [5.41, 5.74) is 2.86. The van der Waals surface area contributed by atoms with Gasteiger partial charge in [-0.2, -0.15) is 0 Å². The van der Waals surface area contributed by atoms with Crippen LogP contribution < -0.4 is 10.2 Å². The number of halogens is 1. The maximum absolute atomic E-state index is 12.6. The quantitative estimate of drug-likeness (QED) is 0.644. The fourth-order valence-electron chi connectivity index (χ4n) is 4.65. The Morgan fingerprint density at radius 1 is 1.03 bits per heavy atom. The number of nitrogens with zero attached hydrogens (tertiary/aromatic N) is 2. The highest BCUT2D eigenvalue weighted by Gasteiger charge is 2.39. The van der Waals surface area contributed by atoms with E-state index < -0.39 is 0 Å². The monoisotopic (exact) mass is 421 g/mol. The third-order valence-electron chi connectivity index (χ3n) is 6.15. The molecule has 5 nitrogen and oxygen atoms in total. The van der Waals surface area contributed by atoms with Crippen molar-refractivity contribution in [2.24, 2.45) is 5.92 Å². The van der Waals surface area contributed by atoms with Crippen LogP contribution in [-0.4, -0.2) is 43.5 Å². The lowest BCUT2D eigenvalue weighted by Gasteiger charge is -2.26. The molecule has 154 valence electrons. The minimum absolute atomic E-state index is 0.262. The zero-order valence-electron chi connectivity index (χ0n) is 16.8. The second-order valence-corrected chi connectivity index (χ2v) is 8.64. The molecule has 2 aromatic carbocycles. The van der Waals surface area contributed by atoms with Crippen molar-refractivity contribution in [3.05, 3.63) is 71.4 Å². The Balaban J connectivity index is 1.25. The van der Waals surface area contributed by atoms with Gasteiger partial charge in [0.1, 0.15) is 5.76 Å². The molecule has 5 rings (SSSR count). The number of furan rings is 1. The largest absolute Gasteiger partial charge is 0.451 e. The topological polar surface area (TPSA) is 48.7 Å². The van der Waals surface area contributed by atoms with Crippen LogP contribution in [0, 0.1) is 5.92 Å². The van der Waals surface area contributed by atoms with E-state index in [-0.39, 0.29) is 11.7 Å². The summed E-state index contributed by atoms with van der Waals surface area (Å²) in [6, 6.07) is 19.5. The summed E-state index contributed by atoms with van der Waals surface area (Å²) in [6.45, 7) is 3.42. The maximum atomic E-state index is 12.6. The number of rotatable bonds is 4. The Morgan fingerprint density at radius 2 is 1.80 bits per heavy atom. The molecule has 0 radical (unpaired) electrons. The molecule has 30 heavy (non-hydrogen) atoms. The number of benzene rings is 2. The Morgan fingerprint density at radius 3 is 2.57 bits per heavy atom. The highest BCUT2D eigenvalue weighted by atomic mass is 35.5. The highest BCUT2D eigenvalue weighted by Crippen LogP contribution is 2.35. The van der Waals surface area contributed by atoms with E-state index >= 15 is 0 Å². The zero-order chi connectivity index (χ0) is 20.7. The minimum atomic E-state index is -0.262. The van der Waals surface area contributed by atoms with Gasteiger partial charge in [0.25, 0.3) is 5.91 Å². The van der Waals surface area contributed by atoms with Crippen LogP contribution in [0.4, 0.5) is 11.4 Å². The van der Waals surface area contributed by atoms with Crippen molar-refractivity contribution in [2.45, 2.75) is 12.5 Å². The van der Waals surface area contributed by atoms with E-state index in [1.165, 1.54) is 18.7 Å². The van der Waals surface area contributed by atoms with Crippen LogP contribution in [0.3, 0.4) is 0 Å². The predicted molar refractivity (Wildman–Crippen MR) is 120 cm³/mol. The number of hydrogen-bond donors (Lipinski definition) is 1. The molecule has 2 aliphatic heterocycles. The van der Waals surface area contributed by atoms with Crippen molar-refractivity contribution in [3.63, 3.8) is 0 Å². The first-order valence-corrected chi connectivity index (χ1v) is 10.7. The van der Waals surface area contributed by atoms with E-state index in [1.54, 1.807) is 24.3 Å². The van der Waals surface area contributed by atoms with Crippen molar-refractivity contribution < 1.29 is 9.21 Å². The van der Waals surface area contributed by atoms with E-state index in [9.17, 15) is 4.79 Å². The van der Waals surface area contributed by atoms with E-state index in [4.69, 9.17) is 16.0 Å². The van der Waals surface area contributed by atoms with Crippen LogP contribution in [0.25, 0.3) is 11.3 Å². The second-order valence-electron chi connectivity index (χ2n) is 8.20. The van der Waals surface area contributed by atoms with Crippen LogP contribution in [0.15, 0.2) is 65.1 Å². The lowest BCUT2D eigenvalue weighted by molar-refractivity contribution is 0.0997. The number of nitrogens with one attached hydrogen (secondary N) is 1. The molecular formula is C24H24ClN3O2. The standard InChI is InChI=1S/C24H24ClN3O2/c1-27-14-17-12-13-28(21(17)15-27)20-8-6-19(7-9-20)26-24(29)23-11-10-22(30-23)16-2-4-18(25)5-3-16/h2-11,17,21H,12-15H2,1H3,(H,26,29)/t17-,21+/m0/s1. The van der Waals surface area contributed by atoms with Gasteiger partial charge in [0.05, 0.1) is 0 Å². The summed E-state index contributed by atoms with van der Waals surface area (Å²) in [5.74, 6) is 1.42. The Hall–Kier alpha value is -2.76. The summed E-state index contributed by atoms with van der Waals surface area (Å²) >= 11 is 5.93. The number of carbonyl (C=O) groups is 1. The summed E-state index contributed by atoms with van der Waals surface area (Å²) in [7, 11) is 2.20. The molecule has 0 saturated carbocycles. The number of likely N-dealkylation sites (tertiary alicyclic amines) is 1. The second kappa shape index (κ2) is 7.82. The Kier molecular flexibility index (Phi) is 5.01. The number of anilines is 2. The van der Waals surface area contributed by atoms with Gasteiger partial charge in [-0.05, 0) is 80.1 Å². The average molecular weight is 422 g/mol. The molecule has 0 unspecified atom stereocenters. The molecule has 2 saturated heterocycles. The number of fused-ring (bicyclic) bond motifs is 1. The lowest BCUT2D eigenvalue weighted by Crippen LogP contribution is -2.34. The highest BCUT2D eigenvalue weighted by molar-refractivity contribution is 6.30. The number of amides is 1. The molecule has 2 aliphatic rings. The number of hydrogen-bond acceptors (Lipinski definition) is 4. The van der Waals surface area contributed by atoms with Crippen molar-refractivity contribution in [1.29, 1.82) is 0 Å². The van der Waals surface area contributed by atoms with E-state index in [0.29, 0.717) is 16.8 Å². The van der Waals surface area contributed by atoms with Crippen LogP contribution in [0.1, 0.15) is 17.0 Å². The van der Waals surface area contributed by atoms with Crippen molar-refractivity contribution >= 4 is 28.9 Å². The zero-order valence-corrected chi connectivity index (χ0v) is 17.6. The van der Waals surface area contributed by atoms with Crippen LogP contribution in [0.2, 0.25) is 5.02 Å². The molecule has 3 heterocycles. The molecule has 1 N–H and O–H groups in total.